The van der Waals surface area contributed by atoms with Crippen LogP contribution in [0.3, 0.4) is 0 Å². The highest BCUT2D eigenvalue weighted by Gasteiger charge is 2.08. The molecule has 0 fully saturated rings. The molecule has 0 atom stereocenters. The molecule has 0 saturated heterocycles. The fourth-order valence-corrected chi connectivity index (χ4v) is 2.13. The minimum atomic E-state index is -0.317. The monoisotopic (exact) mass is 342 g/mol. The number of hydrazine groups is 1. The number of carbonyl (C=O) groups is 1. The molecule has 2 aromatic carbocycles. The molecule has 25 heavy (non-hydrogen) atoms. The van der Waals surface area contributed by atoms with Gasteiger partial charge >= 0.3 is 0 Å². The zero-order valence-corrected chi connectivity index (χ0v) is 14.6. The first-order valence-corrected chi connectivity index (χ1v) is 7.69. The van der Waals surface area contributed by atoms with Crippen LogP contribution in [0.5, 0.6) is 17.2 Å². The third-order valence-corrected chi connectivity index (χ3v) is 3.44. The van der Waals surface area contributed by atoms with Gasteiger partial charge in [-0.15, -0.1) is 0 Å². The van der Waals surface area contributed by atoms with Crippen molar-refractivity contribution in [3.05, 3.63) is 60.2 Å². The molecular weight excluding hydrogens is 320 g/mol. The van der Waals surface area contributed by atoms with E-state index in [0.717, 1.165) is 11.1 Å². The Labute approximate surface area is 147 Å². The Bertz CT molecular complexity index is 759. The highest BCUT2D eigenvalue weighted by Crippen LogP contribution is 2.29. The maximum absolute atomic E-state index is 11.9. The van der Waals surface area contributed by atoms with Crippen LogP contribution in [0.25, 0.3) is 5.70 Å². The Kier molecular flexibility index (Phi) is 6.28. The van der Waals surface area contributed by atoms with E-state index < -0.39 is 0 Å². The predicted octanol–water partition coefficient (Wildman–Crippen LogP) is 2.68. The van der Waals surface area contributed by atoms with Crippen molar-refractivity contribution in [3.63, 3.8) is 0 Å². The predicted molar refractivity (Wildman–Crippen MR) is 96.5 cm³/mol. The van der Waals surface area contributed by atoms with Crippen molar-refractivity contribution < 1.29 is 19.0 Å². The van der Waals surface area contributed by atoms with E-state index in [1.165, 1.54) is 0 Å². The summed E-state index contributed by atoms with van der Waals surface area (Å²) in [6.07, 6.45) is 0. The Balaban J connectivity index is 1.85. The van der Waals surface area contributed by atoms with E-state index in [4.69, 9.17) is 14.2 Å². The quantitative estimate of drug-likeness (QED) is 0.722. The van der Waals surface area contributed by atoms with Gasteiger partial charge in [0.1, 0.15) is 5.75 Å². The van der Waals surface area contributed by atoms with Crippen LogP contribution in [0.15, 0.2) is 49.0 Å². The number of rotatable bonds is 8. The van der Waals surface area contributed by atoms with Crippen molar-refractivity contribution in [2.24, 2.45) is 0 Å². The molecule has 0 radical (unpaired) electrons. The summed E-state index contributed by atoms with van der Waals surface area (Å²) in [6, 6.07) is 12.8. The van der Waals surface area contributed by atoms with Gasteiger partial charge in [0.05, 0.1) is 19.9 Å². The summed E-state index contributed by atoms with van der Waals surface area (Å²) in [5.41, 5.74) is 7.66. The second kappa shape index (κ2) is 8.63. The highest BCUT2D eigenvalue weighted by atomic mass is 16.5. The number of methoxy groups -OCH3 is 2. The zero-order chi connectivity index (χ0) is 18.2. The van der Waals surface area contributed by atoms with Gasteiger partial charge in [-0.1, -0.05) is 18.7 Å². The first-order valence-electron chi connectivity index (χ1n) is 7.69. The number of carbonyl (C=O) groups excluding carboxylic acids is 1. The maximum Gasteiger partial charge on any atom is 0.276 e. The Morgan fingerprint density at radius 2 is 1.80 bits per heavy atom. The molecule has 2 aromatic rings. The van der Waals surface area contributed by atoms with Gasteiger partial charge in [0.25, 0.3) is 5.91 Å². The van der Waals surface area contributed by atoms with Gasteiger partial charge < -0.3 is 14.2 Å². The van der Waals surface area contributed by atoms with Crippen LogP contribution in [-0.2, 0) is 4.79 Å². The molecule has 132 valence electrons. The molecule has 0 heterocycles. The summed E-state index contributed by atoms with van der Waals surface area (Å²) < 4.78 is 15.9. The molecular formula is C19H22N2O4. The average Bonchev–Trinajstić information content (AvgIpc) is 2.63. The summed E-state index contributed by atoms with van der Waals surface area (Å²) in [5, 5.41) is 0. The second-order valence-corrected chi connectivity index (χ2v) is 5.33. The smallest absolute Gasteiger partial charge is 0.276 e. The number of benzene rings is 2. The van der Waals surface area contributed by atoms with E-state index in [2.05, 4.69) is 17.4 Å². The van der Waals surface area contributed by atoms with E-state index in [1.807, 2.05) is 31.2 Å². The van der Waals surface area contributed by atoms with Gasteiger partial charge in [0.2, 0.25) is 0 Å². The van der Waals surface area contributed by atoms with E-state index in [0.29, 0.717) is 22.9 Å². The number of nitrogens with one attached hydrogen (secondary N) is 2. The van der Waals surface area contributed by atoms with E-state index in [-0.39, 0.29) is 12.5 Å². The largest absolute Gasteiger partial charge is 0.493 e. The highest BCUT2D eigenvalue weighted by molar-refractivity contribution is 5.78. The van der Waals surface area contributed by atoms with Crippen LogP contribution >= 0.6 is 0 Å². The number of hydrogen-bond donors (Lipinski definition) is 2. The number of aryl methyl sites for hydroxylation is 1. The van der Waals surface area contributed by atoms with Crippen LogP contribution in [0, 0.1) is 6.92 Å². The van der Waals surface area contributed by atoms with E-state index in [9.17, 15) is 4.79 Å². The first kappa shape index (κ1) is 18.2. The summed E-state index contributed by atoms with van der Waals surface area (Å²) in [7, 11) is 3.13. The minimum absolute atomic E-state index is 0.102. The van der Waals surface area contributed by atoms with Gasteiger partial charge in [0.15, 0.2) is 18.1 Å². The second-order valence-electron chi connectivity index (χ2n) is 5.33. The molecule has 0 bridgehead atoms. The molecule has 0 unspecified atom stereocenters. The lowest BCUT2D eigenvalue weighted by Crippen LogP contribution is -2.38. The Morgan fingerprint density at radius 1 is 1.04 bits per heavy atom. The fourth-order valence-electron chi connectivity index (χ4n) is 2.13. The molecule has 0 aliphatic heterocycles. The normalized spacial score (nSPS) is 9.88. The maximum atomic E-state index is 11.9. The van der Waals surface area contributed by atoms with E-state index in [1.54, 1.807) is 32.4 Å². The third-order valence-electron chi connectivity index (χ3n) is 3.44. The van der Waals surface area contributed by atoms with Crippen molar-refractivity contribution in [2.75, 3.05) is 20.8 Å². The first-order chi connectivity index (χ1) is 12.0. The van der Waals surface area contributed by atoms with Crippen LogP contribution in [0.4, 0.5) is 0 Å². The zero-order valence-electron chi connectivity index (χ0n) is 14.6. The van der Waals surface area contributed by atoms with Gasteiger partial charge in [-0.05, 0) is 42.8 Å². The molecule has 1 amide bonds. The molecule has 2 rings (SSSR count). The molecule has 0 aromatic heterocycles. The van der Waals surface area contributed by atoms with Crippen LogP contribution in [0.2, 0.25) is 0 Å². The topological polar surface area (TPSA) is 68.8 Å². The summed E-state index contributed by atoms with van der Waals surface area (Å²) in [4.78, 5) is 11.9. The SMILES string of the molecule is C=C(NNC(=O)COc1cccc(C)c1)c1ccc(OC)c(OC)c1. The Morgan fingerprint density at radius 3 is 2.48 bits per heavy atom. The summed E-state index contributed by atoms with van der Waals surface area (Å²) in [5.74, 6) is 1.53. The molecule has 2 N–H and O–H groups in total. The fraction of sp³-hybridized carbons (Fsp3) is 0.211. The van der Waals surface area contributed by atoms with Gasteiger partial charge in [-0.3, -0.25) is 15.6 Å². The lowest BCUT2D eigenvalue weighted by molar-refractivity contribution is -0.123. The van der Waals surface area contributed by atoms with Crippen LogP contribution in [0.1, 0.15) is 11.1 Å². The molecule has 0 aliphatic rings. The molecule has 0 spiro atoms. The van der Waals surface area contributed by atoms with Gasteiger partial charge in [-0.2, -0.15) is 0 Å². The van der Waals surface area contributed by atoms with Crippen molar-refractivity contribution in [1.82, 2.24) is 10.9 Å². The van der Waals surface area contributed by atoms with Crippen molar-refractivity contribution in [3.8, 4) is 17.2 Å². The molecule has 0 aliphatic carbocycles. The summed E-state index contributed by atoms with van der Waals surface area (Å²) >= 11 is 0. The van der Waals surface area contributed by atoms with E-state index >= 15 is 0 Å². The molecule has 0 saturated carbocycles. The number of amides is 1. The number of hydrogen-bond acceptors (Lipinski definition) is 5. The lowest BCUT2D eigenvalue weighted by Gasteiger charge is -2.14. The van der Waals surface area contributed by atoms with Crippen LogP contribution < -0.4 is 25.1 Å². The number of ether oxygens (including phenoxy) is 3. The van der Waals surface area contributed by atoms with Gasteiger partial charge in [0, 0.05) is 5.56 Å². The third kappa shape index (κ3) is 5.17. The summed E-state index contributed by atoms with van der Waals surface area (Å²) in [6.45, 7) is 5.75. The lowest BCUT2D eigenvalue weighted by atomic mass is 10.1. The van der Waals surface area contributed by atoms with Crippen molar-refractivity contribution in [2.45, 2.75) is 6.92 Å². The molecule has 6 nitrogen and oxygen atoms in total. The van der Waals surface area contributed by atoms with Crippen LogP contribution in [-0.4, -0.2) is 26.7 Å². The standard InChI is InChI=1S/C19H22N2O4/c1-13-6-5-7-16(10-13)25-12-19(22)21-20-14(2)15-8-9-17(23-3)18(11-15)24-4/h5-11,20H,2,12H2,1,3-4H3,(H,21,22). The van der Waals surface area contributed by atoms with Crippen molar-refractivity contribution in [1.29, 1.82) is 0 Å². The van der Waals surface area contributed by atoms with Crippen molar-refractivity contribution >= 4 is 11.6 Å². The average molecular weight is 342 g/mol. The minimum Gasteiger partial charge on any atom is -0.493 e. The van der Waals surface area contributed by atoms with Gasteiger partial charge in [-0.25, -0.2) is 0 Å². The molecule has 6 heteroatoms. The Hall–Kier alpha value is -3.15.